The number of carbonyl (C=O) groups is 3. The summed E-state index contributed by atoms with van der Waals surface area (Å²) in [5.41, 5.74) is 3.36. The molecular formula is C24H26N4O4. The summed E-state index contributed by atoms with van der Waals surface area (Å²) in [4.78, 5) is 44.1. The van der Waals surface area contributed by atoms with E-state index in [1.807, 2.05) is 30.3 Å². The van der Waals surface area contributed by atoms with E-state index in [0.29, 0.717) is 0 Å². The van der Waals surface area contributed by atoms with Crippen LogP contribution in [0.15, 0.2) is 48.5 Å². The Bertz CT molecular complexity index is 1030. The van der Waals surface area contributed by atoms with Gasteiger partial charge in [-0.1, -0.05) is 42.5 Å². The van der Waals surface area contributed by atoms with Gasteiger partial charge in [-0.2, -0.15) is 0 Å². The number of hydrogen-bond acceptors (Lipinski definition) is 6. The zero-order valence-corrected chi connectivity index (χ0v) is 17.9. The smallest absolute Gasteiger partial charge is 0.335 e. The molecule has 166 valence electrons. The van der Waals surface area contributed by atoms with Crippen molar-refractivity contribution in [2.75, 3.05) is 39.5 Å². The van der Waals surface area contributed by atoms with Crippen LogP contribution in [0.5, 0.6) is 5.75 Å². The van der Waals surface area contributed by atoms with Gasteiger partial charge in [-0.15, -0.1) is 0 Å². The van der Waals surface area contributed by atoms with Crippen LogP contribution in [0.25, 0.3) is 0 Å². The Labute approximate surface area is 186 Å². The molecule has 0 N–H and O–H groups in total. The molecule has 5 rings (SSSR count). The summed E-state index contributed by atoms with van der Waals surface area (Å²) in [6.07, 6.45) is 0.967. The quantitative estimate of drug-likeness (QED) is 0.509. The maximum Gasteiger partial charge on any atom is 0.335 e. The summed E-state index contributed by atoms with van der Waals surface area (Å²) < 4.78 is 5.58. The summed E-state index contributed by atoms with van der Waals surface area (Å²) in [5.74, 6) is -0.499. The zero-order valence-electron chi connectivity index (χ0n) is 17.9. The van der Waals surface area contributed by atoms with E-state index in [1.165, 1.54) is 11.1 Å². The maximum atomic E-state index is 12.8. The Hall–Kier alpha value is -3.23. The second-order valence-corrected chi connectivity index (χ2v) is 8.47. The molecule has 0 bridgehead atoms. The first kappa shape index (κ1) is 20.7. The van der Waals surface area contributed by atoms with Crippen molar-refractivity contribution in [1.82, 2.24) is 19.6 Å². The Morgan fingerprint density at radius 2 is 1.47 bits per heavy atom. The van der Waals surface area contributed by atoms with Crippen LogP contribution in [-0.2, 0) is 29.1 Å². The molecule has 0 aromatic heterocycles. The van der Waals surface area contributed by atoms with Gasteiger partial charge in [0.1, 0.15) is 5.75 Å². The van der Waals surface area contributed by atoms with Gasteiger partial charge in [-0.25, -0.2) is 9.69 Å². The molecule has 2 fully saturated rings. The van der Waals surface area contributed by atoms with Crippen molar-refractivity contribution in [3.8, 4) is 5.75 Å². The van der Waals surface area contributed by atoms with Crippen LogP contribution in [0, 0.1) is 0 Å². The molecule has 0 radical (unpaired) electrons. The number of amides is 4. The minimum absolute atomic E-state index is 0.111. The minimum Gasteiger partial charge on any atom is -0.493 e. The number of nitrogens with zero attached hydrogens (tertiary/aromatic N) is 4. The van der Waals surface area contributed by atoms with Gasteiger partial charge in [0.25, 0.3) is 0 Å². The third-order valence-electron chi connectivity index (χ3n) is 6.28. The number of rotatable bonds is 6. The summed E-state index contributed by atoms with van der Waals surface area (Å²) in [6.45, 7) is 5.04. The first-order valence-corrected chi connectivity index (χ1v) is 11.0. The lowest BCUT2D eigenvalue weighted by atomic mass is 10.1. The molecule has 2 aromatic carbocycles. The average molecular weight is 434 g/mol. The van der Waals surface area contributed by atoms with Crippen LogP contribution in [0.4, 0.5) is 4.79 Å². The summed E-state index contributed by atoms with van der Waals surface area (Å²) >= 11 is 0. The highest BCUT2D eigenvalue weighted by Crippen LogP contribution is 2.26. The lowest BCUT2D eigenvalue weighted by Crippen LogP contribution is -2.51. The van der Waals surface area contributed by atoms with Gasteiger partial charge in [-0.05, 0) is 22.8 Å². The van der Waals surface area contributed by atoms with Crippen LogP contribution in [-0.4, -0.2) is 76.9 Å². The van der Waals surface area contributed by atoms with E-state index in [1.54, 1.807) is 0 Å². The Kier molecular flexibility index (Phi) is 5.63. The fourth-order valence-corrected chi connectivity index (χ4v) is 4.47. The highest BCUT2D eigenvalue weighted by Gasteiger charge is 2.45. The topological polar surface area (TPSA) is 73.4 Å². The molecule has 3 aliphatic heterocycles. The van der Waals surface area contributed by atoms with E-state index in [-0.39, 0.29) is 13.2 Å². The molecule has 2 saturated heterocycles. The van der Waals surface area contributed by atoms with Crippen LogP contribution in [0.1, 0.15) is 16.7 Å². The van der Waals surface area contributed by atoms with E-state index < -0.39 is 17.8 Å². The number of benzene rings is 2. The normalized spacial score (nSPS) is 19.6. The first-order chi connectivity index (χ1) is 15.6. The van der Waals surface area contributed by atoms with Gasteiger partial charge in [0.2, 0.25) is 0 Å². The van der Waals surface area contributed by atoms with Crippen LogP contribution in [0.3, 0.4) is 0 Å². The molecular weight excluding hydrogens is 408 g/mol. The van der Waals surface area contributed by atoms with Gasteiger partial charge in [0, 0.05) is 39.1 Å². The first-order valence-electron chi connectivity index (χ1n) is 11.0. The average Bonchev–Trinajstić information content (AvgIpc) is 3.36. The number of piperazine rings is 1. The fourth-order valence-electron chi connectivity index (χ4n) is 4.47. The Morgan fingerprint density at radius 3 is 2.25 bits per heavy atom. The SMILES string of the molecule is O=C1C(=O)N(CN2CCN(Cc3ccc4c(c3)CCO4)CC2)C(=O)N1Cc1ccccc1. The maximum absolute atomic E-state index is 12.8. The number of fused-ring (bicyclic) bond motifs is 1. The van der Waals surface area contributed by atoms with E-state index in [2.05, 4.69) is 28.0 Å². The summed E-state index contributed by atoms with van der Waals surface area (Å²) in [5, 5.41) is 0. The number of carbonyl (C=O) groups excluding carboxylic acids is 3. The van der Waals surface area contributed by atoms with Crippen molar-refractivity contribution in [3.63, 3.8) is 0 Å². The number of ether oxygens (including phenoxy) is 1. The number of imide groups is 2. The van der Waals surface area contributed by atoms with Crippen molar-refractivity contribution in [2.24, 2.45) is 0 Å². The highest BCUT2D eigenvalue weighted by atomic mass is 16.5. The van der Waals surface area contributed by atoms with Crippen molar-refractivity contribution in [3.05, 3.63) is 65.2 Å². The standard InChI is InChI=1S/C24H26N4O4/c29-22-23(30)28(24(31)27(22)16-18-4-2-1-3-5-18)17-26-11-9-25(10-12-26)15-19-6-7-21-20(14-19)8-13-32-21/h1-7,14H,8-13,15-17H2. The van der Waals surface area contributed by atoms with E-state index >= 15 is 0 Å². The Morgan fingerprint density at radius 1 is 0.750 bits per heavy atom. The van der Waals surface area contributed by atoms with Crippen molar-refractivity contribution in [1.29, 1.82) is 0 Å². The van der Waals surface area contributed by atoms with Gasteiger partial charge in [-0.3, -0.25) is 24.3 Å². The van der Waals surface area contributed by atoms with Crippen molar-refractivity contribution >= 4 is 17.8 Å². The monoisotopic (exact) mass is 434 g/mol. The lowest BCUT2D eigenvalue weighted by Gasteiger charge is -2.35. The lowest BCUT2D eigenvalue weighted by molar-refractivity contribution is -0.144. The second kappa shape index (κ2) is 8.72. The second-order valence-electron chi connectivity index (χ2n) is 8.47. The molecule has 4 amide bonds. The summed E-state index contributed by atoms with van der Waals surface area (Å²) in [7, 11) is 0. The van der Waals surface area contributed by atoms with Crippen molar-refractivity contribution in [2.45, 2.75) is 19.5 Å². The molecule has 2 aromatic rings. The van der Waals surface area contributed by atoms with Gasteiger partial charge >= 0.3 is 17.8 Å². The molecule has 0 saturated carbocycles. The van der Waals surface area contributed by atoms with Gasteiger partial charge < -0.3 is 4.74 Å². The fraction of sp³-hybridized carbons (Fsp3) is 0.375. The van der Waals surface area contributed by atoms with Gasteiger partial charge in [0.15, 0.2) is 0 Å². The number of hydrogen-bond donors (Lipinski definition) is 0. The minimum atomic E-state index is -0.752. The predicted molar refractivity (Wildman–Crippen MR) is 117 cm³/mol. The van der Waals surface area contributed by atoms with Crippen LogP contribution in [0.2, 0.25) is 0 Å². The molecule has 0 atom stereocenters. The zero-order chi connectivity index (χ0) is 22.1. The highest BCUT2D eigenvalue weighted by molar-refractivity contribution is 6.44. The third kappa shape index (κ3) is 4.11. The van der Waals surface area contributed by atoms with E-state index in [4.69, 9.17) is 4.74 Å². The van der Waals surface area contributed by atoms with E-state index in [0.717, 1.165) is 66.9 Å². The molecule has 3 heterocycles. The van der Waals surface area contributed by atoms with Gasteiger partial charge in [0.05, 0.1) is 19.8 Å². The summed E-state index contributed by atoms with van der Waals surface area (Å²) in [6, 6.07) is 15.1. The number of urea groups is 1. The van der Waals surface area contributed by atoms with Crippen molar-refractivity contribution < 1.29 is 19.1 Å². The van der Waals surface area contributed by atoms with E-state index in [9.17, 15) is 14.4 Å². The molecule has 32 heavy (non-hydrogen) atoms. The molecule has 0 aliphatic carbocycles. The Balaban J connectivity index is 1.15. The largest absolute Gasteiger partial charge is 0.493 e. The molecule has 3 aliphatic rings. The predicted octanol–water partition coefficient (Wildman–Crippen LogP) is 1.69. The third-order valence-corrected chi connectivity index (χ3v) is 6.28. The molecule has 8 nitrogen and oxygen atoms in total. The van der Waals surface area contributed by atoms with Crippen LogP contribution >= 0.6 is 0 Å². The molecule has 0 unspecified atom stereocenters. The molecule has 0 spiro atoms. The van der Waals surface area contributed by atoms with Crippen LogP contribution < -0.4 is 4.74 Å². The molecule has 8 heteroatoms.